The van der Waals surface area contributed by atoms with Gasteiger partial charge < -0.3 is 5.11 Å². The van der Waals surface area contributed by atoms with E-state index < -0.39 is 0 Å². The van der Waals surface area contributed by atoms with Crippen molar-refractivity contribution in [2.45, 2.75) is 59.4 Å². The highest BCUT2D eigenvalue weighted by Gasteiger charge is 2.29. The minimum atomic E-state index is -0.103. The molecular formula is C12H22N2O. The SMILES string of the molecule is Cc1c(O)nn(C(C)(C)C)c1C(C)(C)C. The van der Waals surface area contributed by atoms with Crippen molar-refractivity contribution in [3.63, 3.8) is 0 Å². The minimum Gasteiger partial charge on any atom is -0.492 e. The molecule has 0 saturated heterocycles. The van der Waals surface area contributed by atoms with Gasteiger partial charge in [0.05, 0.1) is 11.2 Å². The lowest BCUT2D eigenvalue weighted by Gasteiger charge is -2.28. The van der Waals surface area contributed by atoms with Crippen LogP contribution in [-0.4, -0.2) is 14.9 Å². The summed E-state index contributed by atoms with van der Waals surface area (Å²) in [6, 6.07) is 0. The summed E-state index contributed by atoms with van der Waals surface area (Å²) in [5, 5.41) is 13.9. The maximum atomic E-state index is 9.72. The van der Waals surface area contributed by atoms with Crippen LogP contribution in [0, 0.1) is 6.92 Å². The number of hydrogen-bond donors (Lipinski definition) is 1. The molecule has 0 radical (unpaired) electrons. The third kappa shape index (κ3) is 2.16. The third-order valence-corrected chi connectivity index (χ3v) is 2.44. The number of aromatic hydroxyl groups is 1. The van der Waals surface area contributed by atoms with Gasteiger partial charge in [-0.2, -0.15) is 0 Å². The second kappa shape index (κ2) is 3.26. The van der Waals surface area contributed by atoms with E-state index >= 15 is 0 Å². The van der Waals surface area contributed by atoms with Crippen LogP contribution in [0.4, 0.5) is 0 Å². The quantitative estimate of drug-likeness (QED) is 0.715. The Labute approximate surface area is 92.1 Å². The van der Waals surface area contributed by atoms with Crippen molar-refractivity contribution >= 4 is 0 Å². The predicted octanol–water partition coefficient (Wildman–Crippen LogP) is 2.95. The van der Waals surface area contributed by atoms with Crippen LogP contribution in [0.1, 0.15) is 52.8 Å². The van der Waals surface area contributed by atoms with E-state index in [1.54, 1.807) is 0 Å². The zero-order valence-electron chi connectivity index (χ0n) is 10.8. The second-order valence-corrected chi connectivity index (χ2v) is 6.13. The average molecular weight is 210 g/mol. The van der Waals surface area contributed by atoms with Crippen molar-refractivity contribution in [3.8, 4) is 5.88 Å². The van der Waals surface area contributed by atoms with E-state index in [-0.39, 0.29) is 16.8 Å². The molecule has 0 aliphatic heterocycles. The fourth-order valence-electron chi connectivity index (χ4n) is 1.85. The number of rotatable bonds is 0. The summed E-state index contributed by atoms with van der Waals surface area (Å²) >= 11 is 0. The molecule has 86 valence electrons. The smallest absolute Gasteiger partial charge is 0.233 e. The van der Waals surface area contributed by atoms with E-state index in [4.69, 9.17) is 0 Å². The first-order valence-corrected chi connectivity index (χ1v) is 5.34. The molecule has 1 aromatic heterocycles. The molecule has 0 bridgehead atoms. The molecule has 1 heterocycles. The molecule has 0 aliphatic rings. The Kier molecular flexibility index (Phi) is 2.62. The molecule has 0 spiro atoms. The van der Waals surface area contributed by atoms with Gasteiger partial charge in [-0.15, -0.1) is 5.10 Å². The van der Waals surface area contributed by atoms with Crippen molar-refractivity contribution < 1.29 is 5.11 Å². The number of aromatic nitrogens is 2. The Balaban J connectivity index is 3.48. The average Bonchev–Trinajstić information content (AvgIpc) is 2.25. The zero-order chi connectivity index (χ0) is 12.0. The van der Waals surface area contributed by atoms with Crippen LogP contribution >= 0.6 is 0 Å². The normalized spacial score (nSPS) is 13.3. The molecule has 1 rings (SSSR count). The highest BCUT2D eigenvalue weighted by atomic mass is 16.3. The van der Waals surface area contributed by atoms with Crippen LogP contribution in [0.15, 0.2) is 0 Å². The lowest BCUT2D eigenvalue weighted by Crippen LogP contribution is -2.30. The van der Waals surface area contributed by atoms with Gasteiger partial charge in [0.25, 0.3) is 0 Å². The first kappa shape index (κ1) is 12.1. The first-order valence-electron chi connectivity index (χ1n) is 5.34. The van der Waals surface area contributed by atoms with Crippen molar-refractivity contribution in [1.29, 1.82) is 0 Å². The monoisotopic (exact) mass is 210 g/mol. The molecule has 3 heteroatoms. The maximum Gasteiger partial charge on any atom is 0.233 e. The van der Waals surface area contributed by atoms with Gasteiger partial charge in [-0.05, 0) is 27.7 Å². The molecule has 0 amide bonds. The zero-order valence-corrected chi connectivity index (χ0v) is 10.8. The molecule has 0 saturated carbocycles. The van der Waals surface area contributed by atoms with Gasteiger partial charge in [0.2, 0.25) is 5.88 Å². The Morgan fingerprint density at radius 2 is 1.53 bits per heavy atom. The summed E-state index contributed by atoms with van der Waals surface area (Å²) in [4.78, 5) is 0. The van der Waals surface area contributed by atoms with Crippen LogP contribution in [-0.2, 0) is 11.0 Å². The van der Waals surface area contributed by atoms with Crippen LogP contribution in [0.2, 0.25) is 0 Å². The van der Waals surface area contributed by atoms with Gasteiger partial charge >= 0.3 is 0 Å². The molecule has 0 atom stereocenters. The molecular weight excluding hydrogens is 188 g/mol. The molecule has 0 unspecified atom stereocenters. The molecule has 3 nitrogen and oxygen atoms in total. The standard InChI is InChI=1S/C12H22N2O/c1-8-9(11(2,3)4)14(12(5,6)7)13-10(8)15/h1-7H3,(H,13,15). The Bertz CT molecular complexity index is 364. The molecule has 1 N–H and O–H groups in total. The summed E-state index contributed by atoms with van der Waals surface area (Å²) in [6.45, 7) is 14.6. The van der Waals surface area contributed by atoms with Crippen LogP contribution < -0.4 is 0 Å². The lowest BCUT2D eigenvalue weighted by molar-refractivity contribution is 0.312. The molecule has 0 aromatic carbocycles. The number of hydrogen-bond acceptors (Lipinski definition) is 2. The van der Waals surface area contributed by atoms with E-state index in [0.29, 0.717) is 0 Å². The van der Waals surface area contributed by atoms with Gasteiger partial charge in [0, 0.05) is 11.0 Å². The van der Waals surface area contributed by atoms with E-state index in [2.05, 4.69) is 46.6 Å². The molecule has 0 fully saturated rings. The number of nitrogens with zero attached hydrogens (tertiary/aromatic N) is 2. The van der Waals surface area contributed by atoms with Gasteiger partial charge in [-0.3, -0.25) is 4.68 Å². The summed E-state index contributed by atoms with van der Waals surface area (Å²) in [7, 11) is 0. The molecule has 1 aromatic rings. The van der Waals surface area contributed by atoms with Gasteiger partial charge in [0.1, 0.15) is 0 Å². The van der Waals surface area contributed by atoms with E-state index in [1.165, 1.54) is 0 Å². The predicted molar refractivity (Wildman–Crippen MR) is 62.3 cm³/mol. The fraction of sp³-hybridized carbons (Fsp3) is 0.750. The van der Waals surface area contributed by atoms with Gasteiger partial charge in [-0.1, -0.05) is 20.8 Å². The second-order valence-electron chi connectivity index (χ2n) is 6.13. The van der Waals surface area contributed by atoms with E-state index in [0.717, 1.165) is 11.3 Å². The van der Waals surface area contributed by atoms with Gasteiger partial charge in [0.15, 0.2) is 0 Å². The topological polar surface area (TPSA) is 38.1 Å². The van der Waals surface area contributed by atoms with Crippen molar-refractivity contribution in [2.24, 2.45) is 0 Å². The van der Waals surface area contributed by atoms with Crippen molar-refractivity contribution in [2.75, 3.05) is 0 Å². The van der Waals surface area contributed by atoms with Crippen LogP contribution in [0.3, 0.4) is 0 Å². The summed E-state index contributed by atoms with van der Waals surface area (Å²) in [6.07, 6.45) is 0. The Morgan fingerprint density at radius 3 is 1.80 bits per heavy atom. The van der Waals surface area contributed by atoms with Gasteiger partial charge in [-0.25, -0.2) is 0 Å². The summed E-state index contributed by atoms with van der Waals surface area (Å²) in [5.41, 5.74) is 1.88. The van der Waals surface area contributed by atoms with E-state index in [1.807, 2.05) is 11.6 Å². The Morgan fingerprint density at radius 1 is 1.07 bits per heavy atom. The highest BCUT2D eigenvalue weighted by molar-refractivity contribution is 5.34. The molecule has 15 heavy (non-hydrogen) atoms. The Hall–Kier alpha value is -0.990. The first-order chi connectivity index (χ1) is 6.55. The lowest BCUT2D eigenvalue weighted by atomic mass is 9.88. The summed E-state index contributed by atoms with van der Waals surface area (Å²) < 4.78 is 1.93. The van der Waals surface area contributed by atoms with E-state index in [9.17, 15) is 5.11 Å². The van der Waals surface area contributed by atoms with Crippen LogP contribution in [0.5, 0.6) is 5.88 Å². The highest BCUT2D eigenvalue weighted by Crippen LogP contribution is 2.33. The minimum absolute atomic E-state index is 0.00859. The maximum absolute atomic E-state index is 9.72. The third-order valence-electron chi connectivity index (χ3n) is 2.44. The van der Waals surface area contributed by atoms with Crippen LogP contribution in [0.25, 0.3) is 0 Å². The van der Waals surface area contributed by atoms with Crippen molar-refractivity contribution in [1.82, 2.24) is 9.78 Å². The van der Waals surface area contributed by atoms with Crippen molar-refractivity contribution in [3.05, 3.63) is 11.3 Å². The largest absolute Gasteiger partial charge is 0.492 e. The molecule has 0 aliphatic carbocycles. The summed E-state index contributed by atoms with van der Waals surface area (Å²) in [5.74, 6) is 0.148. The fourth-order valence-corrected chi connectivity index (χ4v) is 1.85.